The summed E-state index contributed by atoms with van der Waals surface area (Å²) in [5.41, 5.74) is 7.83. The normalized spacial score (nSPS) is 17.4. The van der Waals surface area contributed by atoms with E-state index in [9.17, 15) is 31.2 Å². The first kappa shape index (κ1) is 32.1. The van der Waals surface area contributed by atoms with Crippen LogP contribution in [0.4, 0.5) is 30.4 Å². The molecule has 1 aliphatic heterocycles. The Bertz CT molecular complexity index is 1990. The van der Waals surface area contributed by atoms with Crippen molar-refractivity contribution in [1.29, 1.82) is 0 Å². The number of halogens is 3. The van der Waals surface area contributed by atoms with Crippen LogP contribution in [0.15, 0.2) is 65.7 Å². The number of hydrogen-bond acceptors (Lipinski definition) is 8. The first-order chi connectivity index (χ1) is 22.4. The highest BCUT2D eigenvalue weighted by molar-refractivity contribution is 7.92. The van der Waals surface area contributed by atoms with E-state index in [1.165, 1.54) is 36.2 Å². The van der Waals surface area contributed by atoms with Crippen LogP contribution in [0.25, 0.3) is 10.8 Å². The van der Waals surface area contributed by atoms with Gasteiger partial charge in [-0.15, -0.1) is 0 Å². The fourth-order valence-electron chi connectivity index (χ4n) is 5.68. The van der Waals surface area contributed by atoms with E-state index in [0.29, 0.717) is 46.3 Å². The van der Waals surface area contributed by atoms with Crippen LogP contribution < -0.4 is 21.1 Å². The van der Waals surface area contributed by atoms with Crippen molar-refractivity contribution < 1.29 is 35.9 Å². The van der Waals surface area contributed by atoms with Crippen LogP contribution in [0.3, 0.4) is 0 Å². The van der Waals surface area contributed by atoms with E-state index in [2.05, 4.69) is 15.6 Å². The molecule has 14 heteroatoms. The number of carbonyl (C=O) groups excluding carboxylic acids is 2. The van der Waals surface area contributed by atoms with Crippen molar-refractivity contribution in [3.8, 4) is 5.75 Å². The average Bonchev–Trinajstić information content (AvgIpc) is 3.90. The van der Waals surface area contributed by atoms with Crippen LogP contribution >= 0.6 is 0 Å². The molecule has 6 rings (SSSR count). The molecule has 0 radical (unpaired) electrons. The minimum absolute atomic E-state index is 0.0582. The molecule has 0 spiro atoms. The maximum absolute atomic E-state index is 14.7. The lowest BCUT2D eigenvalue weighted by Gasteiger charge is -2.28. The molecule has 2 aliphatic rings. The van der Waals surface area contributed by atoms with Crippen molar-refractivity contribution in [2.45, 2.75) is 54.8 Å². The summed E-state index contributed by atoms with van der Waals surface area (Å²) in [7, 11) is -2.14. The first-order valence-electron chi connectivity index (χ1n) is 15.0. The van der Waals surface area contributed by atoms with Crippen LogP contribution in [-0.2, 0) is 32.4 Å². The third kappa shape index (κ3) is 6.82. The molecule has 1 unspecified atom stereocenters. The molecule has 4 bridgehead atoms. The Balaban J connectivity index is 1.44. The van der Waals surface area contributed by atoms with Crippen molar-refractivity contribution in [3.05, 3.63) is 83.3 Å². The third-order valence-electron chi connectivity index (χ3n) is 8.23. The number of benzene rings is 3. The van der Waals surface area contributed by atoms with Crippen molar-refractivity contribution in [2.24, 2.45) is 0 Å². The minimum Gasteiger partial charge on any atom is -0.487 e. The van der Waals surface area contributed by atoms with Gasteiger partial charge < -0.3 is 26.0 Å². The molecule has 10 nitrogen and oxygen atoms in total. The maximum Gasteiger partial charge on any atom is 0.272 e. The predicted molar refractivity (Wildman–Crippen MR) is 170 cm³/mol. The molecule has 1 atom stereocenters. The van der Waals surface area contributed by atoms with Gasteiger partial charge in [0, 0.05) is 42.2 Å². The number of aromatic nitrogens is 1. The van der Waals surface area contributed by atoms with Gasteiger partial charge in [0.25, 0.3) is 6.43 Å². The number of ether oxygens (including phenoxy) is 1. The van der Waals surface area contributed by atoms with E-state index in [-0.39, 0.29) is 47.1 Å². The van der Waals surface area contributed by atoms with Gasteiger partial charge in [-0.25, -0.2) is 26.6 Å². The summed E-state index contributed by atoms with van der Waals surface area (Å²) >= 11 is 0. The number of fused-ring (bicyclic) bond motifs is 5. The number of pyridine rings is 1. The highest BCUT2D eigenvalue weighted by atomic mass is 32.2. The number of rotatable bonds is 7. The Hall–Kier alpha value is -4.85. The summed E-state index contributed by atoms with van der Waals surface area (Å²) in [5.74, 6) is -1.19. The molecular formula is C33H32F3N5O5S. The van der Waals surface area contributed by atoms with Crippen molar-refractivity contribution >= 4 is 49.6 Å². The zero-order valence-electron chi connectivity index (χ0n) is 25.3. The number of nitrogens with one attached hydrogen (secondary N) is 2. The lowest BCUT2D eigenvalue weighted by molar-refractivity contribution is -0.131. The van der Waals surface area contributed by atoms with Crippen LogP contribution in [-0.4, -0.2) is 55.4 Å². The van der Waals surface area contributed by atoms with Gasteiger partial charge >= 0.3 is 0 Å². The van der Waals surface area contributed by atoms with Gasteiger partial charge in [0.1, 0.15) is 30.0 Å². The molecule has 3 aromatic carbocycles. The quantitative estimate of drug-likeness (QED) is 0.243. The highest BCUT2D eigenvalue weighted by Gasteiger charge is 2.38. The average molecular weight is 668 g/mol. The zero-order chi connectivity index (χ0) is 33.5. The van der Waals surface area contributed by atoms with Gasteiger partial charge in [0.2, 0.25) is 11.8 Å². The van der Waals surface area contributed by atoms with Gasteiger partial charge in [-0.3, -0.25) is 9.59 Å². The highest BCUT2D eigenvalue weighted by Crippen LogP contribution is 2.37. The standard InChI is InChI=1S/C33H32F3N5O5S/c1-41-16-20-13-21(5-10-28(20)47(44,45)23-6-7-23)39-30(42)11-3-18-12-19(2-9-27(18)46-17-29(35)36)31(33(41)43)40-22-4-8-24-25(14-22)26(34)15-38-32(24)37/h2,4-5,8-10,12-15,23,29,31,40H,3,6-7,11,16-17H2,1H3,(H2,37,38)(H,39,42). The monoisotopic (exact) mass is 667 g/mol. The number of amides is 2. The molecule has 1 aliphatic carbocycles. The number of nitrogens with zero attached hydrogens (tertiary/aromatic N) is 2. The molecule has 2 amide bonds. The van der Waals surface area contributed by atoms with Crippen LogP contribution in [0.2, 0.25) is 0 Å². The SMILES string of the molecule is CN1Cc2cc(ccc2S(=O)(=O)C2CC2)NC(=O)CCc2cc(ccc2OCC(F)F)C(Nc2ccc3c(N)ncc(F)c3c2)C1=O. The Morgan fingerprint density at radius 3 is 2.57 bits per heavy atom. The van der Waals surface area contributed by atoms with E-state index in [1.54, 1.807) is 30.3 Å². The number of likely N-dealkylation sites (N-methyl/N-ethyl adjacent to an activating group) is 1. The summed E-state index contributed by atoms with van der Waals surface area (Å²) in [5, 5.41) is 6.01. The van der Waals surface area contributed by atoms with Gasteiger partial charge in [0.15, 0.2) is 9.84 Å². The molecule has 4 aromatic rings. The lowest BCUT2D eigenvalue weighted by atomic mass is 9.98. The van der Waals surface area contributed by atoms with Crippen LogP contribution in [0, 0.1) is 5.82 Å². The molecule has 47 heavy (non-hydrogen) atoms. The number of hydrogen-bond donors (Lipinski definition) is 3. The zero-order valence-corrected chi connectivity index (χ0v) is 26.1. The van der Waals surface area contributed by atoms with Gasteiger partial charge in [-0.1, -0.05) is 6.07 Å². The number of alkyl halides is 2. The Morgan fingerprint density at radius 2 is 1.83 bits per heavy atom. The minimum atomic E-state index is -3.66. The maximum atomic E-state index is 14.7. The second kappa shape index (κ2) is 12.7. The number of aryl methyl sites for hydroxylation is 1. The summed E-state index contributed by atoms with van der Waals surface area (Å²) in [4.78, 5) is 32.6. The summed E-state index contributed by atoms with van der Waals surface area (Å²) < 4.78 is 72.9. The van der Waals surface area contributed by atoms with E-state index in [1.807, 2.05) is 0 Å². The Kier molecular flexibility index (Phi) is 8.70. The molecule has 1 saturated carbocycles. The predicted octanol–water partition coefficient (Wildman–Crippen LogP) is 5.23. The van der Waals surface area contributed by atoms with E-state index in [4.69, 9.17) is 10.5 Å². The summed E-state index contributed by atoms with van der Waals surface area (Å²) in [6.07, 6.45) is -0.597. The fourth-order valence-corrected chi connectivity index (χ4v) is 7.55. The molecule has 1 aromatic heterocycles. The second-order valence-electron chi connectivity index (χ2n) is 11.7. The fraction of sp³-hybridized carbons (Fsp3) is 0.303. The molecule has 4 N–H and O–H groups in total. The summed E-state index contributed by atoms with van der Waals surface area (Å²) in [6.45, 7) is -0.972. The van der Waals surface area contributed by atoms with Gasteiger partial charge in [-0.2, -0.15) is 0 Å². The van der Waals surface area contributed by atoms with Crippen molar-refractivity contribution in [1.82, 2.24) is 9.88 Å². The van der Waals surface area contributed by atoms with Gasteiger partial charge in [-0.05, 0) is 84.5 Å². The molecule has 0 saturated heterocycles. The third-order valence-corrected chi connectivity index (χ3v) is 10.6. The van der Waals surface area contributed by atoms with E-state index >= 15 is 0 Å². The molecule has 246 valence electrons. The Labute approximate surface area is 269 Å². The van der Waals surface area contributed by atoms with E-state index < -0.39 is 45.9 Å². The second-order valence-corrected chi connectivity index (χ2v) is 13.9. The Morgan fingerprint density at radius 1 is 1.04 bits per heavy atom. The number of nitrogens with two attached hydrogens (primary N) is 1. The molecular weight excluding hydrogens is 635 g/mol. The number of sulfone groups is 1. The first-order valence-corrected chi connectivity index (χ1v) is 16.5. The van der Waals surface area contributed by atoms with E-state index in [0.717, 1.165) is 6.20 Å². The number of anilines is 3. The summed E-state index contributed by atoms with van der Waals surface area (Å²) in [6, 6.07) is 12.7. The smallest absolute Gasteiger partial charge is 0.272 e. The van der Waals surface area contributed by atoms with Crippen molar-refractivity contribution in [3.63, 3.8) is 0 Å². The topological polar surface area (TPSA) is 144 Å². The number of nitrogen functional groups attached to an aromatic ring is 1. The largest absolute Gasteiger partial charge is 0.487 e. The van der Waals surface area contributed by atoms with Crippen LogP contribution in [0.5, 0.6) is 5.75 Å². The number of carbonyl (C=O) groups is 2. The van der Waals surface area contributed by atoms with Crippen molar-refractivity contribution in [2.75, 3.05) is 30.0 Å². The lowest BCUT2D eigenvalue weighted by Crippen LogP contribution is -2.35. The molecule has 2 heterocycles. The van der Waals surface area contributed by atoms with Gasteiger partial charge in [0.05, 0.1) is 16.3 Å². The van der Waals surface area contributed by atoms with Crippen LogP contribution in [0.1, 0.15) is 42.0 Å². The molecule has 1 fully saturated rings.